The fourth-order valence-electron chi connectivity index (χ4n) is 2.15. The predicted octanol–water partition coefficient (Wildman–Crippen LogP) is 2.85. The summed E-state index contributed by atoms with van der Waals surface area (Å²) in [6, 6.07) is 6.75. The van der Waals surface area contributed by atoms with Gasteiger partial charge in [-0.25, -0.2) is 4.39 Å². The van der Waals surface area contributed by atoms with Crippen molar-refractivity contribution in [2.75, 3.05) is 0 Å². The van der Waals surface area contributed by atoms with Crippen molar-refractivity contribution >= 4 is 0 Å². The Morgan fingerprint density at radius 1 is 1.37 bits per heavy atom. The molecule has 2 N–H and O–H groups in total. The third-order valence-corrected chi connectivity index (χ3v) is 3.26. The van der Waals surface area contributed by atoms with E-state index in [-0.39, 0.29) is 5.82 Å². The molecule has 1 unspecified atom stereocenters. The monoisotopic (exact) mass is 261 g/mol. The topological polar surface area (TPSA) is 43.8 Å². The lowest BCUT2D eigenvalue weighted by Gasteiger charge is -2.23. The maximum atomic E-state index is 13.7. The molecule has 19 heavy (non-hydrogen) atoms. The van der Waals surface area contributed by atoms with Crippen LogP contribution in [0.25, 0.3) is 0 Å². The number of rotatable bonds is 5. The zero-order valence-corrected chi connectivity index (χ0v) is 11.4. The highest BCUT2D eigenvalue weighted by molar-refractivity contribution is 5.25. The maximum Gasteiger partial charge on any atom is 0.126 e. The Morgan fingerprint density at radius 2 is 2.11 bits per heavy atom. The van der Waals surface area contributed by atoms with Crippen molar-refractivity contribution in [2.45, 2.75) is 38.8 Å². The summed E-state index contributed by atoms with van der Waals surface area (Å²) in [5.41, 5.74) is 7.28. The van der Waals surface area contributed by atoms with Crippen LogP contribution in [0, 0.1) is 5.82 Å². The minimum atomic E-state index is -0.617. The molecule has 1 aromatic heterocycles. The van der Waals surface area contributed by atoms with Gasteiger partial charge < -0.3 is 5.73 Å². The fraction of sp³-hybridized carbons (Fsp3) is 0.400. The Kier molecular flexibility index (Phi) is 4.00. The minimum Gasteiger partial charge on any atom is -0.321 e. The van der Waals surface area contributed by atoms with Crippen LogP contribution in [0.5, 0.6) is 0 Å². The average molecular weight is 261 g/mol. The van der Waals surface area contributed by atoms with Crippen molar-refractivity contribution in [1.29, 1.82) is 0 Å². The number of nitrogens with zero attached hydrogens (tertiary/aromatic N) is 2. The molecule has 0 aliphatic carbocycles. The van der Waals surface area contributed by atoms with Crippen LogP contribution < -0.4 is 5.73 Å². The number of hydrogen-bond donors (Lipinski definition) is 1. The van der Waals surface area contributed by atoms with Gasteiger partial charge in [0.1, 0.15) is 5.82 Å². The molecule has 0 fully saturated rings. The van der Waals surface area contributed by atoms with Crippen LogP contribution in [0.2, 0.25) is 0 Å². The van der Waals surface area contributed by atoms with Gasteiger partial charge in [0.05, 0.1) is 6.20 Å². The lowest BCUT2D eigenvalue weighted by Crippen LogP contribution is -2.35. The van der Waals surface area contributed by atoms with E-state index in [2.05, 4.69) is 12.0 Å². The zero-order valence-electron chi connectivity index (χ0n) is 11.4. The Hall–Kier alpha value is -1.68. The summed E-state index contributed by atoms with van der Waals surface area (Å²) >= 11 is 0. The molecular formula is C15H20FN3. The molecule has 0 spiro atoms. The van der Waals surface area contributed by atoms with E-state index in [1.165, 1.54) is 6.07 Å². The summed E-state index contributed by atoms with van der Waals surface area (Å²) in [7, 11) is 0. The minimum absolute atomic E-state index is 0.208. The van der Waals surface area contributed by atoms with Gasteiger partial charge in [0.2, 0.25) is 0 Å². The summed E-state index contributed by atoms with van der Waals surface area (Å²) < 4.78 is 15.6. The molecule has 4 heteroatoms. The maximum absolute atomic E-state index is 13.7. The number of aryl methyl sites for hydroxylation is 1. The van der Waals surface area contributed by atoms with Crippen molar-refractivity contribution in [1.82, 2.24) is 9.78 Å². The van der Waals surface area contributed by atoms with Gasteiger partial charge in [0.15, 0.2) is 0 Å². The largest absolute Gasteiger partial charge is 0.321 e. The van der Waals surface area contributed by atoms with Crippen LogP contribution in [0.15, 0.2) is 36.7 Å². The summed E-state index contributed by atoms with van der Waals surface area (Å²) in [5.74, 6) is -0.208. The average Bonchev–Trinajstić information content (AvgIpc) is 2.82. The van der Waals surface area contributed by atoms with E-state index >= 15 is 0 Å². The second kappa shape index (κ2) is 5.53. The summed E-state index contributed by atoms with van der Waals surface area (Å²) in [6.45, 7) is 4.88. The van der Waals surface area contributed by atoms with Crippen LogP contribution in [0.4, 0.5) is 4.39 Å². The van der Waals surface area contributed by atoms with Crippen molar-refractivity contribution in [3.8, 4) is 0 Å². The molecule has 0 amide bonds. The molecule has 2 aromatic rings. The Balaban J connectivity index is 2.19. The smallest absolute Gasteiger partial charge is 0.126 e. The van der Waals surface area contributed by atoms with E-state index in [1.807, 2.05) is 23.9 Å². The van der Waals surface area contributed by atoms with Crippen molar-refractivity contribution in [2.24, 2.45) is 5.73 Å². The molecule has 102 valence electrons. The van der Waals surface area contributed by atoms with Crippen LogP contribution >= 0.6 is 0 Å². The molecular weight excluding hydrogens is 241 g/mol. The highest BCUT2D eigenvalue weighted by Crippen LogP contribution is 2.23. The molecule has 0 saturated heterocycles. The second-order valence-electron chi connectivity index (χ2n) is 5.18. The molecule has 2 rings (SSSR count). The van der Waals surface area contributed by atoms with Crippen molar-refractivity contribution < 1.29 is 4.39 Å². The van der Waals surface area contributed by atoms with E-state index < -0.39 is 5.54 Å². The van der Waals surface area contributed by atoms with E-state index in [9.17, 15) is 4.39 Å². The van der Waals surface area contributed by atoms with E-state index in [4.69, 9.17) is 5.73 Å². The molecule has 1 atom stereocenters. The Labute approximate surface area is 113 Å². The van der Waals surface area contributed by atoms with Crippen LogP contribution in [0.3, 0.4) is 0 Å². The number of nitrogens with two attached hydrogens (primary N) is 1. The van der Waals surface area contributed by atoms with E-state index in [0.29, 0.717) is 12.0 Å². The van der Waals surface area contributed by atoms with Gasteiger partial charge in [0, 0.05) is 23.8 Å². The van der Waals surface area contributed by atoms with Gasteiger partial charge in [0.25, 0.3) is 0 Å². The summed E-state index contributed by atoms with van der Waals surface area (Å²) in [6.07, 6.45) is 5.20. The zero-order chi connectivity index (χ0) is 13.9. The second-order valence-corrected chi connectivity index (χ2v) is 5.18. The molecule has 1 heterocycles. The first kappa shape index (κ1) is 13.7. The summed E-state index contributed by atoms with van der Waals surface area (Å²) in [4.78, 5) is 0. The molecule has 0 saturated carbocycles. The lowest BCUT2D eigenvalue weighted by atomic mass is 9.88. The third kappa shape index (κ3) is 3.20. The third-order valence-electron chi connectivity index (χ3n) is 3.26. The Morgan fingerprint density at radius 3 is 2.79 bits per heavy atom. The first-order valence-corrected chi connectivity index (χ1v) is 6.58. The van der Waals surface area contributed by atoms with Crippen molar-refractivity contribution in [3.63, 3.8) is 0 Å². The van der Waals surface area contributed by atoms with E-state index in [1.54, 1.807) is 18.3 Å². The number of hydrogen-bond acceptors (Lipinski definition) is 2. The molecule has 0 radical (unpaired) electrons. The number of halogens is 1. The molecule has 0 aliphatic rings. The van der Waals surface area contributed by atoms with Gasteiger partial charge in [-0.05, 0) is 31.4 Å². The highest BCUT2D eigenvalue weighted by atomic mass is 19.1. The predicted molar refractivity (Wildman–Crippen MR) is 74.2 cm³/mol. The Bertz CT molecular complexity index is 546. The molecule has 0 bridgehead atoms. The SMILES string of the molecule is CCCn1cc(C(C)(N)Cc2ccccc2F)cn1. The first-order chi connectivity index (χ1) is 9.03. The number of benzene rings is 1. The quantitative estimate of drug-likeness (QED) is 0.899. The molecule has 3 nitrogen and oxygen atoms in total. The first-order valence-electron chi connectivity index (χ1n) is 6.58. The van der Waals surface area contributed by atoms with Gasteiger partial charge in [-0.2, -0.15) is 5.10 Å². The van der Waals surface area contributed by atoms with Crippen LogP contribution in [-0.4, -0.2) is 9.78 Å². The van der Waals surface area contributed by atoms with Crippen molar-refractivity contribution in [3.05, 3.63) is 53.6 Å². The van der Waals surface area contributed by atoms with Gasteiger partial charge in [-0.3, -0.25) is 4.68 Å². The molecule has 0 aliphatic heterocycles. The lowest BCUT2D eigenvalue weighted by molar-refractivity contribution is 0.474. The fourth-order valence-corrected chi connectivity index (χ4v) is 2.15. The molecule has 1 aromatic carbocycles. The van der Waals surface area contributed by atoms with Gasteiger partial charge in [-0.15, -0.1) is 0 Å². The van der Waals surface area contributed by atoms with E-state index in [0.717, 1.165) is 18.5 Å². The van der Waals surface area contributed by atoms with Crippen LogP contribution in [-0.2, 0) is 18.5 Å². The highest BCUT2D eigenvalue weighted by Gasteiger charge is 2.24. The van der Waals surface area contributed by atoms with Gasteiger partial charge >= 0.3 is 0 Å². The van der Waals surface area contributed by atoms with Crippen LogP contribution in [0.1, 0.15) is 31.4 Å². The normalized spacial score (nSPS) is 14.3. The summed E-state index contributed by atoms with van der Waals surface area (Å²) in [5, 5.41) is 4.28. The van der Waals surface area contributed by atoms with Gasteiger partial charge in [-0.1, -0.05) is 25.1 Å². The number of aromatic nitrogens is 2. The standard InChI is InChI=1S/C15H20FN3/c1-3-8-19-11-13(10-18-19)15(2,17)9-12-6-4-5-7-14(12)16/h4-7,10-11H,3,8-9,17H2,1-2H3.